The van der Waals surface area contributed by atoms with E-state index in [-0.39, 0.29) is 53.4 Å². The number of benzene rings is 2. The molecule has 0 saturated carbocycles. The van der Waals surface area contributed by atoms with Crippen LogP contribution in [0.25, 0.3) is 0 Å². The first-order valence-corrected chi connectivity index (χ1v) is 10.9. The second-order valence-corrected chi connectivity index (χ2v) is 9.07. The normalized spacial score (nSPS) is 15.4. The van der Waals surface area contributed by atoms with Crippen LogP contribution in [0.2, 0.25) is 15.1 Å². The molecule has 0 unspecified atom stereocenters. The predicted molar refractivity (Wildman–Crippen MR) is 107 cm³/mol. The summed E-state index contributed by atoms with van der Waals surface area (Å²) in [5, 5.41) is 0.377. The van der Waals surface area contributed by atoms with Crippen LogP contribution in [-0.4, -0.2) is 45.0 Å². The number of nitrogens with zero attached hydrogens (tertiary/aromatic N) is 1. The summed E-state index contributed by atoms with van der Waals surface area (Å²) in [6, 6.07) is 9.27. The van der Waals surface area contributed by atoms with Gasteiger partial charge in [0.2, 0.25) is 10.0 Å². The monoisotopic (exact) mass is 463 g/mol. The van der Waals surface area contributed by atoms with Crippen LogP contribution in [0.1, 0.15) is 15.9 Å². The van der Waals surface area contributed by atoms with Crippen molar-refractivity contribution < 1.29 is 22.7 Å². The number of sulfonamides is 1. The zero-order chi connectivity index (χ0) is 20.3. The minimum absolute atomic E-state index is 0.00455. The van der Waals surface area contributed by atoms with Crippen molar-refractivity contribution in [1.82, 2.24) is 4.31 Å². The highest BCUT2D eigenvalue weighted by molar-refractivity contribution is 7.89. The Kier molecular flexibility index (Phi) is 6.85. The Morgan fingerprint density at radius 2 is 1.71 bits per heavy atom. The number of hydrogen-bond acceptors (Lipinski definition) is 5. The molecule has 1 saturated heterocycles. The second-order valence-electron chi connectivity index (χ2n) is 5.95. The molecule has 0 atom stereocenters. The van der Waals surface area contributed by atoms with E-state index in [9.17, 15) is 13.2 Å². The van der Waals surface area contributed by atoms with E-state index < -0.39 is 16.0 Å². The number of morpholine rings is 1. The summed E-state index contributed by atoms with van der Waals surface area (Å²) in [5.74, 6) is -0.778. The van der Waals surface area contributed by atoms with Crippen molar-refractivity contribution in [2.24, 2.45) is 0 Å². The lowest BCUT2D eigenvalue weighted by atomic mass is 10.2. The summed E-state index contributed by atoms with van der Waals surface area (Å²) in [4.78, 5) is 12.3. The van der Waals surface area contributed by atoms with E-state index in [4.69, 9.17) is 44.3 Å². The van der Waals surface area contributed by atoms with E-state index in [2.05, 4.69) is 0 Å². The molecule has 1 heterocycles. The van der Waals surface area contributed by atoms with Crippen molar-refractivity contribution in [1.29, 1.82) is 0 Å². The molecule has 0 radical (unpaired) electrons. The van der Waals surface area contributed by atoms with Gasteiger partial charge in [0.1, 0.15) is 11.5 Å². The lowest BCUT2D eigenvalue weighted by Gasteiger charge is -2.26. The minimum Gasteiger partial charge on any atom is -0.457 e. The van der Waals surface area contributed by atoms with Gasteiger partial charge in [-0.15, -0.1) is 0 Å². The van der Waals surface area contributed by atoms with E-state index in [0.717, 1.165) is 6.07 Å². The highest BCUT2D eigenvalue weighted by Crippen LogP contribution is 2.31. The van der Waals surface area contributed by atoms with Gasteiger partial charge in [-0.25, -0.2) is 13.2 Å². The quantitative estimate of drug-likeness (QED) is 0.625. The number of halogens is 3. The van der Waals surface area contributed by atoms with Gasteiger partial charge in [-0.1, -0.05) is 53.0 Å². The first-order valence-electron chi connectivity index (χ1n) is 8.28. The summed E-state index contributed by atoms with van der Waals surface area (Å²) < 4.78 is 37.5. The summed E-state index contributed by atoms with van der Waals surface area (Å²) >= 11 is 18.3. The number of esters is 1. The summed E-state index contributed by atoms with van der Waals surface area (Å²) in [7, 11) is -3.91. The molecule has 1 aliphatic rings. The molecule has 1 fully saturated rings. The maximum absolute atomic E-state index is 12.9. The molecule has 2 aromatic carbocycles. The first kappa shape index (κ1) is 21.4. The van der Waals surface area contributed by atoms with Gasteiger partial charge in [0.25, 0.3) is 0 Å². The highest BCUT2D eigenvalue weighted by Gasteiger charge is 2.30. The van der Waals surface area contributed by atoms with Gasteiger partial charge in [0.15, 0.2) is 0 Å². The lowest BCUT2D eigenvalue weighted by Crippen LogP contribution is -2.40. The molecule has 0 aliphatic carbocycles. The first-order chi connectivity index (χ1) is 13.3. The molecule has 6 nitrogen and oxygen atoms in total. The Bertz CT molecular complexity index is 991. The fourth-order valence-corrected chi connectivity index (χ4v) is 5.07. The maximum Gasteiger partial charge on any atom is 0.340 e. The van der Waals surface area contributed by atoms with Gasteiger partial charge in [0, 0.05) is 23.7 Å². The largest absolute Gasteiger partial charge is 0.457 e. The zero-order valence-corrected chi connectivity index (χ0v) is 17.6. The van der Waals surface area contributed by atoms with Gasteiger partial charge in [-0.2, -0.15) is 4.31 Å². The molecule has 0 bridgehead atoms. The van der Waals surface area contributed by atoms with Gasteiger partial charge >= 0.3 is 5.97 Å². The molecule has 2 aromatic rings. The SMILES string of the molecule is O=C(OCc1ccccc1Cl)c1cc(S(=O)(=O)N2CCOCC2)c(Cl)cc1Cl. The van der Waals surface area contributed by atoms with Gasteiger partial charge in [0.05, 0.1) is 28.8 Å². The molecule has 0 aromatic heterocycles. The minimum atomic E-state index is -3.91. The number of rotatable bonds is 5. The van der Waals surface area contributed by atoms with Crippen molar-refractivity contribution in [2.75, 3.05) is 26.3 Å². The zero-order valence-electron chi connectivity index (χ0n) is 14.5. The molecule has 28 heavy (non-hydrogen) atoms. The van der Waals surface area contributed by atoms with Gasteiger partial charge in [-0.3, -0.25) is 0 Å². The van der Waals surface area contributed by atoms with Crippen LogP contribution >= 0.6 is 34.8 Å². The Morgan fingerprint density at radius 3 is 2.39 bits per heavy atom. The molecule has 150 valence electrons. The number of hydrogen-bond donors (Lipinski definition) is 0. The molecule has 0 spiro atoms. The Balaban J connectivity index is 1.86. The van der Waals surface area contributed by atoms with Crippen LogP contribution < -0.4 is 0 Å². The third-order valence-corrected chi connectivity index (χ3v) is 7.19. The summed E-state index contributed by atoms with van der Waals surface area (Å²) in [6.45, 7) is 0.901. The molecule has 0 N–H and O–H groups in total. The number of carbonyl (C=O) groups is 1. The highest BCUT2D eigenvalue weighted by atomic mass is 35.5. The fraction of sp³-hybridized carbons (Fsp3) is 0.278. The standard InChI is InChI=1S/C18H16Cl3NO5S/c19-14-4-2-1-3-12(14)11-27-18(23)13-9-17(16(21)10-15(13)20)28(24,25)22-5-7-26-8-6-22/h1-4,9-10H,5-8,11H2. The van der Waals surface area contributed by atoms with Crippen molar-refractivity contribution >= 4 is 50.8 Å². The van der Waals surface area contributed by atoms with E-state index in [0.29, 0.717) is 10.6 Å². The molecule has 3 rings (SSSR count). The Labute approximate surface area is 177 Å². The summed E-state index contributed by atoms with van der Waals surface area (Å²) in [6.07, 6.45) is 0. The fourth-order valence-electron chi connectivity index (χ4n) is 2.65. The van der Waals surface area contributed by atoms with Crippen LogP contribution in [0.4, 0.5) is 0 Å². The van der Waals surface area contributed by atoms with E-state index in [1.807, 2.05) is 0 Å². The van der Waals surface area contributed by atoms with Crippen LogP contribution in [0.3, 0.4) is 0 Å². The molecule has 0 amide bonds. The average molecular weight is 465 g/mol. The lowest BCUT2D eigenvalue weighted by molar-refractivity contribution is 0.0472. The van der Waals surface area contributed by atoms with Gasteiger partial charge < -0.3 is 9.47 Å². The third kappa shape index (κ3) is 4.62. The van der Waals surface area contributed by atoms with Gasteiger partial charge in [-0.05, 0) is 18.2 Å². The Hall–Kier alpha value is -1.35. The molecule has 1 aliphatic heterocycles. The second kappa shape index (κ2) is 8.98. The summed E-state index contributed by atoms with van der Waals surface area (Å²) in [5.41, 5.74) is 0.522. The number of ether oxygens (including phenoxy) is 2. The van der Waals surface area contributed by atoms with E-state index >= 15 is 0 Å². The van der Waals surface area contributed by atoms with Crippen LogP contribution in [0, 0.1) is 0 Å². The smallest absolute Gasteiger partial charge is 0.340 e. The molecular formula is C18H16Cl3NO5S. The van der Waals surface area contributed by atoms with Crippen LogP contribution in [0.15, 0.2) is 41.3 Å². The van der Waals surface area contributed by atoms with Crippen molar-refractivity contribution in [3.63, 3.8) is 0 Å². The van der Waals surface area contributed by atoms with Crippen molar-refractivity contribution in [3.8, 4) is 0 Å². The molecular weight excluding hydrogens is 449 g/mol. The van der Waals surface area contributed by atoms with Crippen LogP contribution in [-0.2, 0) is 26.1 Å². The molecule has 10 heteroatoms. The maximum atomic E-state index is 12.9. The average Bonchev–Trinajstić information content (AvgIpc) is 2.67. The topological polar surface area (TPSA) is 72.9 Å². The third-order valence-electron chi connectivity index (χ3n) is 4.15. The van der Waals surface area contributed by atoms with Crippen LogP contribution in [0.5, 0.6) is 0 Å². The van der Waals surface area contributed by atoms with E-state index in [1.165, 1.54) is 10.4 Å². The Morgan fingerprint density at radius 1 is 1.04 bits per heavy atom. The van der Waals surface area contributed by atoms with Crippen molar-refractivity contribution in [2.45, 2.75) is 11.5 Å². The van der Waals surface area contributed by atoms with E-state index in [1.54, 1.807) is 24.3 Å². The predicted octanol–water partition coefficient (Wildman–Crippen LogP) is 4.02. The number of carbonyl (C=O) groups excluding carboxylic acids is 1. The van der Waals surface area contributed by atoms with Crippen molar-refractivity contribution in [3.05, 3.63) is 62.6 Å².